The van der Waals surface area contributed by atoms with Crippen LogP contribution in [-0.2, 0) is 11.5 Å². The van der Waals surface area contributed by atoms with Gasteiger partial charge in [-0.05, 0) is 17.7 Å². The first-order valence-electron chi connectivity index (χ1n) is 4.84. The Morgan fingerprint density at radius 1 is 1.18 bits per heavy atom. The first kappa shape index (κ1) is 12.6. The Morgan fingerprint density at radius 2 is 2.00 bits per heavy atom. The number of aromatic amines is 1. The minimum atomic E-state index is -0.213. The molecule has 2 rings (SSSR count). The molecule has 2 aromatic rings. The molecule has 1 aromatic carbocycles. The molecule has 0 bridgehead atoms. The van der Waals surface area contributed by atoms with Gasteiger partial charge in [0.15, 0.2) is 0 Å². The Bertz CT molecular complexity index is 565. The number of hydrogen-bond acceptors (Lipinski definition) is 3. The van der Waals surface area contributed by atoms with Crippen molar-refractivity contribution in [3.63, 3.8) is 0 Å². The number of hydrogen-bond donors (Lipinski definition) is 1. The van der Waals surface area contributed by atoms with E-state index in [4.69, 9.17) is 27.7 Å². The van der Waals surface area contributed by atoms with Gasteiger partial charge in [-0.15, -0.1) is 11.8 Å². The molecule has 0 atom stereocenters. The Balaban J connectivity index is 1.89. The summed E-state index contributed by atoms with van der Waals surface area (Å²) in [6.45, 7) is 0. The zero-order valence-electron chi connectivity index (χ0n) is 8.70. The van der Waals surface area contributed by atoms with Crippen molar-refractivity contribution in [3.8, 4) is 0 Å². The summed E-state index contributed by atoms with van der Waals surface area (Å²) in [5.74, 6) is 2.06. The summed E-state index contributed by atoms with van der Waals surface area (Å²) in [6, 6.07) is 6.98. The number of rotatable bonds is 4. The maximum Gasteiger partial charge on any atom is 0.280 e. The fourth-order valence-electron chi connectivity index (χ4n) is 1.29. The second-order valence-electron chi connectivity index (χ2n) is 3.42. The van der Waals surface area contributed by atoms with E-state index < -0.39 is 0 Å². The molecule has 0 saturated carbocycles. The Kier molecular flexibility index (Phi) is 4.20. The molecule has 0 amide bonds. The minimum absolute atomic E-state index is 0.213. The van der Waals surface area contributed by atoms with E-state index in [-0.39, 0.29) is 5.56 Å². The predicted molar refractivity (Wildman–Crippen MR) is 70.8 cm³/mol. The second kappa shape index (κ2) is 5.67. The van der Waals surface area contributed by atoms with Crippen LogP contribution in [0.5, 0.6) is 0 Å². The summed E-state index contributed by atoms with van der Waals surface area (Å²) in [6.07, 6.45) is 0. The van der Waals surface area contributed by atoms with Gasteiger partial charge >= 0.3 is 0 Å². The van der Waals surface area contributed by atoms with Crippen molar-refractivity contribution in [2.45, 2.75) is 11.5 Å². The molecule has 0 aliphatic heterocycles. The van der Waals surface area contributed by atoms with Crippen LogP contribution in [0.3, 0.4) is 0 Å². The van der Waals surface area contributed by atoms with E-state index >= 15 is 0 Å². The molecule has 0 spiro atoms. The van der Waals surface area contributed by atoms with Crippen LogP contribution in [0.4, 0.5) is 0 Å². The second-order valence-corrected chi connectivity index (χ2v) is 5.22. The SMILES string of the molecule is O=c1cc(CSCc2ccc(Cl)c(Cl)c2)o[nH]1. The van der Waals surface area contributed by atoms with E-state index in [1.54, 1.807) is 17.8 Å². The Labute approximate surface area is 112 Å². The molecule has 0 fully saturated rings. The summed E-state index contributed by atoms with van der Waals surface area (Å²) < 4.78 is 4.94. The summed E-state index contributed by atoms with van der Waals surface area (Å²) in [7, 11) is 0. The highest BCUT2D eigenvalue weighted by atomic mass is 35.5. The van der Waals surface area contributed by atoms with Gasteiger partial charge in [-0.3, -0.25) is 4.79 Å². The van der Waals surface area contributed by atoms with Gasteiger partial charge in [0.25, 0.3) is 5.56 Å². The topological polar surface area (TPSA) is 46.0 Å². The van der Waals surface area contributed by atoms with Crippen LogP contribution in [0.15, 0.2) is 33.6 Å². The molecule has 1 heterocycles. The highest BCUT2D eigenvalue weighted by Crippen LogP contribution is 2.25. The largest absolute Gasteiger partial charge is 0.383 e. The first-order valence-corrected chi connectivity index (χ1v) is 6.75. The fraction of sp³-hybridized carbons (Fsp3) is 0.182. The predicted octanol–water partition coefficient (Wildman–Crippen LogP) is 3.71. The van der Waals surface area contributed by atoms with Gasteiger partial charge in [-0.2, -0.15) is 5.16 Å². The molecule has 0 aliphatic rings. The molecule has 1 aromatic heterocycles. The van der Waals surface area contributed by atoms with Crippen molar-refractivity contribution < 1.29 is 4.52 Å². The van der Waals surface area contributed by atoms with E-state index in [2.05, 4.69) is 5.16 Å². The van der Waals surface area contributed by atoms with Crippen molar-refractivity contribution in [1.82, 2.24) is 5.16 Å². The number of halogens is 2. The molecule has 1 N–H and O–H groups in total. The van der Waals surface area contributed by atoms with E-state index in [9.17, 15) is 4.79 Å². The highest BCUT2D eigenvalue weighted by Gasteiger charge is 2.02. The molecule has 0 unspecified atom stereocenters. The van der Waals surface area contributed by atoms with Crippen molar-refractivity contribution in [1.29, 1.82) is 0 Å². The molecular weight excluding hydrogens is 281 g/mol. The third-order valence-corrected chi connectivity index (χ3v) is 3.84. The van der Waals surface area contributed by atoms with Crippen LogP contribution < -0.4 is 5.56 Å². The van der Waals surface area contributed by atoms with Crippen LogP contribution in [0, 0.1) is 0 Å². The monoisotopic (exact) mass is 289 g/mol. The third-order valence-electron chi connectivity index (χ3n) is 2.07. The van der Waals surface area contributed by atoms with Crippen molar-refractivity contribution >= 4 is 35.0 Å². The number of H-pyrrole nitrogens is 1. The summed E-state index contributed by atoms with van der Waals surface area (Å²) in [5, 5.41) is 3.36. The van der Waals surface area contributed by atoms with Gasteiger partial charge in [0, 0.05) is 11.8 Å². The molecular formula is C11H9Cl2NO2S. The third kappa shape index (κ3) is 3.56. The normalized spacial score (nSPS) is 10.7. The smallest absolute Gasteiger partial charge is 0.280 e. The maximum absolute atomic E-state index is 10.8. The van der Waals surface area contributed by atoms with Gasteiger partial charge in [0.2, 0.25) is 0 Å². The van der Waals surface area contributed by atoms with Crippen LogP contribution in [0.25, 0.3) is 0 Å². The molecule has 17 heavy (non-hydrogen) atoms. The lowest BCUT2D eigenvalue weighted by atomic mass is 10.2. The number of benzene rings is 1. The van der Waals surface area contributed by atoms with E-state index in [0.717, 1.165) is 11.3 Å². The molecule has 0 aliphatic carbocycles. The van der Waals surface area contributed by atoms with Crippen LogP contribution in [0.2, 0.25) is 10.0 Å². The van der Waals surface area contributed by atoms with Gasteiger partial charge in [0.1, 0.15) is 5.76 Å². The quantitative estimate of drug-likeness (QED) is 0.933. The molecule has 3 nitrogen and oxygen atoms in total. The van der Waals surface area contributed by atoms with Gasteiger partial charge < -0.3 is 4.52 Å². The Morgan fingerprint density at radius 3 is 2.65 bits per heavy atom. The maximum atomic E-state index is 10.8. The number of nitrogens with one attached hydrogen (secondary N) is 1. The molecule has 90 valence electrons. The standard InChI is InChI=1S/C11H9Cl2NO2S/c12-9-2-1-7(3-10(9)13)5-17-6-8-4-11(15)14-16-8/h1-4H,5-6H2,(H,14,15). The zero-order chi connectivity index (χ0) is 12.3. The van der Waals surface area contributed by atoms with Gasteiger partial charge in [-0.1, -0.05) is 29.3 Å². The lowest BCUT2D eigenvalue weighted by molar-refractivity contribution is 0.390. The lowest BCUT2D eigenvalue weighted by Crippen LogP contribution is -1.92. The van der Waals surface area contributed by atoms with E-state index in [1.807, 2.05) is 12.1 Å². The fourth-order valence-corrected chi connectivity index (χ4v) is 2.47. The molecule has 0 saturated heterocycles. The summed E-state index contributed by atoms with van der Waals surface area (Å²) in [5.41, 5.74) is 0.873. The Hall–Kier alpha value is -0.840. The average Bonchev–Trinajstić information content (AvgIpc) is 2.70. The zero-order valence-corrected chi connectivity index (χ0v) is 11.0. The van der Waals surface area contributed by atoms with Crippen LogP contribution in [-0.4, -0.2) is 5.16 Å². The van der Waals surface area contributed by atoms with Gasteiger partial charge in [-0.25, -0.2) is 0 Å². The van der Waals surface area contributed by atoms with Crippen molar-refractivity contribution in [2.24, 2.45) is 0 Å². The minimum Gasteiger partial charge on any atom is -0.383 e. The summed E-state index contributed by atoms with van der Waals surface area (Å²) in [4.78, 5) is 10.8. The average molecular weight is 290 g/mol. The number of thioether (sulfide) groups is 1. The molecule has 0 radical (unpaired) electrons. The lowest BCUT2D eigenvalue weighted by Gasteiger charge is -2.02. The van der Waals surface area contributed by atoms with Crippen LogP contribution >= 0.6 is 35.0 Å². The van der Waals surface area contributed by atoms with Crippen LogP contribution in [0.1, 0.15) is 11.3 Å². The molecule has 6 heteroatoms. The van der Waals surface area contributed by atoms with E-state index in [0.29, 0.717) is 21.6 Å². The highest BCUT2D eigenvalue weighted by molar-refractivity contribution is 7.97. The first-order chi connectivity index (χ1) is 8.15. The van der Waals surface area contributed by atoms with Crippen molar-refractivity contribution in [2.75, 3.05) is 0 Å². The van der Waals surface area contributed by atoms with E-state index in [1.165, 1.54) is 6.07 Å². The summed E-state index contributed by atoms with van der Waals surface area (Å²) >= 11 is 13.4. The number of aromatic nitrogens is 1. The van der Waals surface area contributed by atoms with Gasteiger partial charge in [0.05, 0.1) is 15.8 Å². The van der Waals surface area contributed by atoms with Crippen molar-refractivity contribution in [3.05, 3.63) is 56.0 Å².